The number of rotatable bonds is 0. The van der Waals surface area contributed by atoms with E-state index >= 15 is 0 Å². The van der Waals surface area contributed by atoms with Gasteiger partial charge < -0.3 is 0 Å². The summed E-state index contributed by atoms with van der Waals surface area (Å²) in [6.45, 7) is 5.65. The van der Waals surface area contributed by atoms with Crippen LogP contribution in [0.5, 0.6) is 0 Å². The zero-order valence-corrected chi connectivity index (χ0v) is 7.79. The molecule has 0 atom stereocenters. The van der Waals surface area contributed by atoms with Crippen LogP contribution in [0.15, 0.2) is 0 Å². The first kappa shape index (κ1) is 10.2. The van der Waals surface area contributed by atoms with Crippen LogP contribution in [0.4, 0.5) is 0 Å². The van der Waals surface area contributed by atoms with Crippen molar-refractivity contribution in [3.63, 3.8) is 0 Å². The summed E-state index contributed by atoms with van der Waals surface area (Å²) in [5.74, 6) is 0. The van der Waals surface area contributed by atoms with E-state index in [2.05, 4.69) is 6.07 Å². The number of nitrogens with zero attached hydrogens (tertiary/aromatic N) is 1. The van der Waals surface area contributed by atoms with Gasteiger partial charge in [0, 0.05) is 26.5 Å². The van der Waals surface area contributed by atoms with Crippen LogP contribution in [0.1, 0.15) is 20.8 Å². The molecule has 0 saturated carbocycles. The Morgan fingerprint density at radius 2 is 1.43 bits per heavy atom. The molecule has 0 aromatic rings. The van der Waals surface area contributed by atoms with E-state index in [1.54, 1.807) is 0 Å². The van der Waals surface area contributed by atoms with E-state index in [0.29, 0.717) is 0 Å². The summed E-state index contributed by atoms with van der Waals surface area (Å²) >= 11 is 0. The molecule has 0 heterocycles. The third-order valence-corrected chi connectivity index (χ3v) is 0.335. The molecule has 0 N–H and O–H groups in total. The summed E-state index contributed by atoms with van der Waals surface area (Å²) in [6.07, 6.45) is 0. The van der Waals surface area contributed by atoms with E-state index in [4.69, 9.17) is 5.26 Å². The molecule has 0 aromatic carbocycles. The van der Waals surface area contributed by atoms with Gasteiger partial charge in [-0.05, 0) is 20.8 Å². The van der Waals surface area contributed by atoms with E-state index in [1.165, 1.54) is 0 Å². The smallest absolute Gasteiger partial charge is 0.0680 e. The monoisotopic (exact) mass is 267 g/mol. The van der Waals surface area contributed by atoms with E-state index in [1.807, 2.05) is 20.8 Å². The minimum Gasteiger partial charge on any atom is -0.198 e. The van der Waals surface area contributed by atoms with Gasteiger partial charge in [0.2, 0.25) is 0 Å². The minimum atomic E-state index is -0.153. The van der Waals surface area contributed by atoms with Gasteiger partial charge in [0.1, 0.15) is 0 Å². The van der Waals surface area contributed by atoms with Gasteiger partial charge in [-0.25, -0.2) is 0 Å². The molecule has 0 rings (SSSR count). The van der Waals surface area contributed by atoms with Crippen LogP contribution < -0.4 is 0 Å². The largest absolute Gasteiger partial charge is 0.198 e. The SMILES string of the molecule is CC(C)(C)C#N.[W]. The summed E-state index contributed by atoms with van der Waals surface area (Å²) in [6, 6.07) is 2.10. The molecule has 0 spiro atoms. The molecule has 0 radical (unpaired) electrons. The van der Waals surface area contributed by atoms with Crippen molar-refractivity contribution in [1.82, 2.24) is 0 Å². The van der Waals surface area contributed by atoms with Gasteiger partial charge in [0.25, 0.3) is 0 Å². The van der Waals surface area contributed by atoms with Gasteiger partial charge in [0.15, 0.2) is 0 Å². The molecule has 0 aliphatic carbocycles. The third-order valence-electron chi connectivity index (χ3n) is 0.335. The van der Waals surface area contributed by atoms with Gasteiger partial charge >= 0.3 is 0 Å². The molecule has 0 aliphatic heterocycles. The summed E-state index contributed by atoms with van der Waals surface area (Å²) in [5.41, 5.74) is -0.153. The van der Waals surface area contributed by atoms with Crippen LogP contribution in [-0.2, 0) is 21.1 Å². The van der Waals surface area contributed by atoms with Crippen molar-refractivity contribution in [3.8, 4) is 6.07 Å². The predicted octanol–water partition coefficient (Wildman–Crippen LogP) is 1.55. The fraction of sp³-hybridized carbons (Fsp3) is 0.800. The number of hydrogen-bond donors (Lipinski definition) is 0. The fourth-order valence-corrected chi connectivity index (χ4v) is 0. The topological polar surface area (TPSA) is 23.8 Å². The van der Waals surface area contributed by atoms with E-state index in [9.17, 15) is 0 Å². The molecular formula is C5H9NW. The van der Waals surface area contributed by atoms with Crippen molar-refractivity contribution in [2.24, 2.45) is 5.41 Å². The molecule has 0 fully saturated rings. The molecule has 0 aliphatic rings. The van der Waals surface area contributed by atoms with Crippen molar-refractivity contribution in [1.29, 1.82) is 5.26 Å². The molecule has 7 heavy (non-hydrogen) atoms. The Morgan fingerprint density at radius 3 is 1.43 bits per heavy atom. The van der Waals surface area contributed by atoms with Crippen molar-refractivity contribution in [2.75, 3.05) is 0 Å². The maximum absolute atomic E-state index is 8.15. The predicted molar refractivity (Wildman–Crippen MR) is 25.1 cm³/mol. The zero-order chi connectivity index (χ0) is 5.21. The summed E-state index contributed by atoms with van der Waals surface area (Å²) in [5, 5.41) is 8.15. The standard InChI is InChI=1S/C5H9N.W/c1-5(2,3)4-6;/h1-3H3;. The molecular weight excluding hydrogens is 258 g/mol. The van der Waals surface area contributed by atoms with Crippen LogP contribution in [0.3, 0.4) is 0 Å². The van der Waals surface area contributed by atoms with Crippen LogP contribution in [0.25, 0.3) is 0 Å². The van der Waals surface area contributed by atoms with Gasteiger partial charge in [-0.15, -0.1) is 0 Å². The summed E-state index contributed by atoms with van der Waals surface area (Å²) < 4.78 is 0. The molecule has 0 unspecified atom stereocenters. The molecule has 1 nitrogen and oxygen atoms in total. The van der Waals surface area contributed by atoms with Crippen LogP contribution >= 0.6 is 0 Å². The quantitative estimate of drug-likeness (QED) is 0.653. The Balaban J connectivity index is 0. The molecule has 0 aromatic heterocycles. The third kappa shape index (κ3) is 10.7. The van der Waals surface area contributed by atoms with E-state index in [0.717, 1.165) is 0 Å². The Labute approximate surface area is 59.0 Å². The van der Waals surface area contributed by atoms with E-state index in [-0.39, 0.29) is 26.5 Å². The Bertz CT molecular complexity index is 75.1. The van der Waals surface area contributed by atoms with Crippen molar-refractivity contribution < 1.29 is 21.1 Å². The number of nitriles is 1. The first-order valence-corrected chi connectivity index (χ1v) is 1.97. The second-order valence-electron chi connectivity index (χ2n) is 2.36. The second kappa shape index (κ2) is 3.22. The fourth-order valence-electron chi connectivity index (χ4n) is 0. The Kier molecular flexibility index (Phi) is 4.69. The van der Waals surface area contributed by atoms with Crippen LogP contribution in [-0.4, -0.2) is 0 Å². The van der Waals surface area contributed by atoms with E-state index < -0.39 is 0 Å². The molecule has 2 heteroatoms. The van der Waals surface area contributed by atoms with Gasteiger partial charge in [-0.2, -0.15) is 5.26 Å². The van der Waals surface area contributed by atoms with Gasteiger partial charge in [-0.3, -0.25) is 0 Å². The summed E-state index contributed by atoms with van der Waals surface area (Å²) in [4.78, 5) is 0. The average molecular weight is 267 g/mol. The molecule has 0 saturated heterocycles. The minimum absolute atomic E-state index is 0. The maximum Gasteiger partial charge on any atom is 0.0680 e. The normalized spacial score (nSPS) is 8.86. The molecule has 0 bridgehead atoms. The van der Waals surface area contributed by atoms with Crippen LogP contribution in [0.2, 0.25) is 0 Å². The summed E-state index contributed by atoms with van der Waals surface area (Å²) in [7, 11) is 0. The first-order chi connectivity index (χ1) is 2.56. The Morgan fingerprint density at radius 1 is 1.29 bits per heavy atom. The first-order valence-electron chi connectivity index (χ1n) is 1.97. The Hall–Kier alpha value is 0.178. The number of hydrogen-bond acceptors (Lipinski definition) is 1. The second-order valence-corrected chi connectivity index (χ2v) is 2.36. The maximum atomic E-state index is 8.15. The zero-order valence-electron chi connectivity index (χ0n) is 4.86. The van der Waals surface area contributed by atoms with Crippen LogP contribution in [0, 0.1) is 16.7 Å². The average Bonchev–Trinajstić information content (AvgIpc) is 1.35. The van der Waals surface area contributed by atoms with Crippen molar-refractivity contribution in [3.05, 3.63) is 0 Å². The molecule has 0 amide bonds. The molecule has 40 valence electrons. The van der Waals surface area contributed by atoms with Crippen molar-refractivity contribution >= 4 is 0 Å². The van der Waals surface area contributed by atoms with Gasteiger partial charge in [-0.1, -0.05) is 0 Å². The van der Waals surface area contributed by atoms with Gasteiger partial charge in [0.05, 0.1) is 6.07 Å². The van der Waals surface area contributed by atoms with Crippen molar-refractivity contribution in [2.45, 2.75) is 20.8 Å².